The zero-order valence-corrected chi connectivity index (χ0v) is 16.2. The smallest absolute Gasteiger partial charge is 0.410 e. The molecule has 1 fully saturated rings. The number of carbonyl (C=O) groups is 1. The molecule has 0 radical (unpaired) electrons. The largest absolute Gasteiger partial charge is 0.444 e. The predicted molar refractivity (Wildman–Crippen MR) is 98.7 cm³/mol. The lowest BCUT2D eigenvalue weighted by molar-refractivity contribution is 0.0110. The average Bonchev–Trinajstić information content (AvgIpc) is 2.83. The van der Waals surface area contributed by atoms with Crippen LogP contribution >= 0.6 is 0 Å². The third-order valence-corrected chi connectivity index (χ3v) is 5.78. The van der Waals surface area contributed by atoms with E-state index in [9.17, 15) is 13.2 Å². The number of sulfonamides is 1. The first-order valence-electron chi connectivity index (χ1n) is 8.84. The number of benzene rings is 1. The average molecular weight is 379 g/mol. The van der Waals surface area contributed by atoms with Gasteiger partial charge in [0.2, 0.25) is 0 Å². The van der Waals surface area contributed by atoms with Crippen molar-refractivity contribution in [1.82, 2.24) is 9.62 Å². The molecule has 8 heteroatoms. The van der Waals surface area contributed by atoms with Gasteiger partial charge in [0.15, 0.2) is 0 Å². The Morgan fingerprint density at radius 1 is 1.31 bits per heavy atom. The summed E-state index contributed by atoms with van der Waals surface area (Å²) in [6.07, 6.45) is 2.43. The van der Waals surface area contributed by atoms with Crippen LogP contribution in [0.4, 0.5) is 4.79 Å². The summed E-state index contributed by atoms with van der Waals surface area (Å²) in [5, 5.41) is 0. The van der Waals surface area contributed by atoms with Crippen molar-refractivity contribution < 1.29 is 17.9 Å². The molecule has 2 heterocycles. The number of hydrogen-bond acceptors (Lipinski definition) is 5. The number of hydrogen-bond donors (Lipinski definition) is 1. The van der Waals surface area contributed by atoms with E-state index in [1.54, 1.807) is 29.2 Å². The maximum Gasteiger partial charge on any atom is 0.410 e. The quantitative estimate of drug-likeness (QED) is 0.855. The molecule has 1 unspecified atom stereocenters. The molecular weight excluding hydrogens is 354 g/mol. The van der Waals surface area contributed by atoms with Gasteiger partial charge in [0.1, 0.15) is 11.4 Å². The van der Waals surface area contributed by atoms with E-state index < -0.39 is 15.6 Å². The summed E-state index contributed by atoms with van der Waals surface area (Å²) < 4.78 is 32.3. The van der Waals surface area contributed by atoms with Gasteiger partial charge in [-0.1, -0.05) is 12.1 Å². The highest BCUT2D eigenvalue weighted by Crippen LogP contribution is 2.24. The predicted octanol–water partition coefficient (Wildman–Crippen LogP) is 2.51. The molecule has 142 valence electrons. The fourth-order valence-electron chi connectivity index (χ4n) is 3.20. The number of nitrogens with zero attached hydrogens (tertiary/aromatic N) is 2. The molecular formula is C18H25N3O4S. The van der Waals surface area contributed by atoms with Crippen LogP contribution in [-0.4, -0.2) is 50.0 Å². The monoisotopic (exact) mass is 379 g/mol. The van der Waals surface area contributed by atoms with Gasteiger partial charge in [-0.15, -0.1) is 0 Å². The van der Waals surface area contributed by atoms with E-state index in [-0.39, 0.29) is 17.0 Å². The van der Waals surface area contributed by atoms with Crippen LogP contribution < -0.4 is 4.72 Å². The first-order chi connectivity index (χ1) is 12.2. The molecule has 0 aromatic heterocycles. The molecule has 0 aliphatic carbocycles. The van der Waals surface area contributed by atoms with Crippen molar-refractivity contribution in [1.29, 1.82) is 0 Å². The van der Waals surface area contributed by atoms with Gasteiger partial charge in [-0.25, -0.2) is 13.2 Å². The first kappa shape index (κ1) is 18.7. The van der Waals surface area contributed by atoms with Crippen molar-refractivity contribution >= 4 is 22.0 Å². The lowest BCUT2D eigenvalue weighted by Crippen LogP contribution is -2.47. The number of aliphatic imine (C=N–C) groups is 1. The third kappa shape index (κ3) is 4.00. The van der Waals surface area contributed by atoms with Crippen molar-refractivity contribution in [2.24, 2.45) is 4.99 Å². The van der Waals surface area contributed by atoms with Crippen LogP contribution in [0.1, 0.15) is 45.6 Å². The summed E-state index contributed by atoms with van der Waals surface area (Å²) in [7, 11) is -3.55. The Kier molecular flexibility index (Phi) is 4.96. The second kappa shape index (κ2) is 6.90. The number of rotatable bonds is 2. The van der Waals surface area contributed by atoms with E-state index in [0.29, 0.717) is 24.5 Å². The van der Waals surface area contributed by atoms with Crippen LogP contribution in [0.2, 0.25) is 0 Å². The number of fused-ring (bicyclic) bond motifs is 1. The minimum absolute atomic E-state index is 0.0941. The third-order valence-electron chi connectivity index (χ3n) is 4.38. The van der Waals surface area contributed by atoms with E-state index in [1.807, 2.05) is 20.8 Å². The number of ether oxygens (including phenoxy) is 1. The van der Waals surface area contributed by atoms with Crippen molar-refractivity contribution in [3.8, 4) is 0 Å². The molecule has 2 aliphatic heterocycles. The van der Waals surface area contributed by atoms with E-state index in [4.69, 9.17) is 4.74 Å². The highest BCUT2D eigenvalue weighted by atomic mass is 32.2. The van der Waals surface area contributed by atoms with Crippen LogP contribution in [0.25, 0.3) is 0 Å². The number of piperidine rings is 1. The Labute approximate surface area is 154 Å². The molecule has 0 saturated carbocycles. The highest BCUT2D eigenvalue weighted by Gasteiger charge is 2.33. The van der Waals surface area contributed by atoms with Crippen molar-refractivity contribution in [2.45, 2.75) is 56.6 Å². The van der Waals surface area contributed by atoms with Gasteiger partial charge in [0, 0.05) is 12.1 Å². The molecule has 1 saturated heterocycles. The first-order valence-corrected chi connectivity index (χ1v) is 10.3. The second-order valence-electron chi connectivity index (χ2n) is 7.61. The Hall–Kier alpha value is -2.09. The minimum Gasteiger partial charge on any atom is -0.444 e. The van der Waals surface area contributed by atoms with E-state index >= 15 is 0 Å². The summed E-state index contributed by atoms with van der Waals surface area (Å²) in [6, 6.07) is 6.67. The maximum absolute atomic E-state index is 12.5. The van der Waals surface area contributed by atoms with Gasteiger partial charge < -0.3 is 9.64 Å². The van der Waals surface area contributed by atoms with Crippen LogP contribution in [0.5, 0.6) is 0 Å². The topological polar surface area (TPSA) is 88.1 Å². The summed E-state index contributed by atoms with van der Waals surface area (Å²) in [5.41, 5.74) is 0.0254. The summed E-state index contributed by atoms with van der Waals surface area (Å²) in [5.74, 6) is 0.343. The van der Waals surface area contributed by atoms with Crippen LogP contribution in [0.15, 0.2) is 34.2 Å². The van der Waals surface area contributed by atoms with E-state index in [0.717, 1.165) is 19.3 Å². The Bertz CT molecular complexity index is 827. The summed E-state index contributed by atoms with van der Waals surface area (Å²) >= 11 is 0. The normalized spacial score (nSPS) is 23.4. The van der Waals surface area contributed by atoms with E-state index in [1.165, 1.54) is 0 Å². The molecule has 0 bridgehead atoms. The van der Waals surface area contributed by atoms with Gasteiger partial charge in [-0.05, 0) is 52.2 Å². The number of amidine groups is 1. The molecule has 1 N–H and O–H groups in total. The van der Waals surface area contributed by atoms with Gasteiger partial charge in [-0.2, -0.15) is 0 Å². The molecule has 7 nitrogen and oxygen atoms in total. The Morgan fingerprint density at radius 3 is 2.77 bits per heavy atom. The van der Waals surface area contributed by atoms with Crippen LogP contribution in [0.3, 0.4) is 0 Å². The maximum atomic E-state index is 12.5. The standard InChI is InChI=1S/C18H25N3O4S/c1-18(2,3)25-17(22)21-11-7-6-8-13(21)12-19-16-14-9-4-5-10-15(14)26(23,24)20-16/h4-5,9-10,13H,6-8,11-12H2,1-3H3,(H,19,20). The SMILES string of the molecule is CC(C)(C)OC(=O)N1CCCCC1CN=C1NS(=O)(=O)c2ccccc21. The summed E-state index contributed by atoms with van der Waals surface area (Å²) in [6.45, 7) is 6.50. The number of nitrogens with one attached hydrogen (secondary N) is 1. The van der Waals surface area contributed by atoms with Gasteiger partial charge in [0.25, 0.3) is 10.0 Å². The summed E-state index contributed by atoms with van der Waals surface area (Å²) in [4.78, 5) is 18.9. The Balaban J connectivity index is 1.77. The lowest BCUT2D eigenvalue weighted by atomic mass is 10.0. The zero-order valence-electron chi connectivity index (χ0n) is 15.4. The van der Waals surface area contributed by atoms with Gasteiger partial charge in [-0.3, -0.25) is 9.71 Å². The van der Waals surface area contributed by atoms with Crippen molar-refractivity contribution in [2.75, 3.05) is 13.1 Å². The highest BCUT2D eigenvalue weighted by molar-refractivity contribution is 7.90. The molecule has 26 heavy (non-hydrogen) atoms. The molecule has 0 spiro atoms. The zero-order chi connectivity index (χ0) is 18.9. The van der Waals surface area contributed by atoms with E-state index in [2.05, 4.69) is 9.71 Å². The fourth-order valence-corrected chi connectivity index (χ4v) is 4.45. The molecule has 1 atom stereocenters. The molecule has 1 aromatic carbocycles. The van der Waals surface area contributed by atoms with Crippen LogP contribution in [0, 0.1) is 0 Å². The number of carbonyl (C=O) groups excluding carboxylic acids is 1. The minimum atomic E-state index is -3.55. The second-order valence-corrected chi connectivity index (χ2v) is 9.27. The van der Waals surface area contributed by atoms with Crippen molar-refractivity contribution in [3.05, 3.63) is 29.8 Å². The fraction of sp³-hybridized carbons (Fsp3) is 0.556. The molecule has 3 rings (SSSR count). The van der Waals surface area contributed by atoms with Gasteiger partial charge in [0.05, 0.1) is 17.5 Å². The molecule has 2 aliphatic rings. The van der Waals surface area contributed by atoms with Crippen molar-refractivity contribution in [3.63, 3.8) is 0 Å². The number of likely N-dealkylation sites (tertiary alicyclic amines) is 1. The van der Waals surface area contributed by atoms with Crippen LogP contribution in [-0.2, 0) is 14.8 Å². The Morgan fingerprint density at radius 2 is 2.04 bits per heavy atom. The number of amides is 1. The van der Waals surface area contributed by atoms with Gasteiger partial charge >= 0.3 is 6.09 Å². The molecule has 1 aromatic rings. The lowest BCUT2D eigenvalue weighted by Gasteiger charge is -2.36. The molecule has 1 amide bonds.